The SMILES string of the molecule is O=C(O)c1cc2c([nH]1)C[C@@H]1CC21. The number of H-pyrrole nitrogens is 1. The first-order valence-corrected chi connectivity index (χ1v) is 4.21. The van der Waals surface area contributed by atoms with E-state index >= 15 is 0 Å². The number of rotatable bonds is 1. The molecule has 0 spiro atoms. The monoisotopic (exact) mass is 163 g/mol. The van der Waals surface area contributed by atoms with Gasteiger partial charge in [0.15, 0.2) is 0 Å². The van der Waals surface area contributed by atoms with Crippen LogP contribution in [0.15, 0.2) is 6.07 Å². The summed E-state index contributed by atoms with van der Waals surface area (Å²) in [6, 6.07) is 1.80. The minimum atomic E-state index is -0.846. The molecule has 1 unspecified atom stereocenters. The number of carboxylic acids is 1. The van der Waals surface area contributed by atoms with Crippen molar-refractivity contribution < 1.29 is 9.90 Å². The van der Waals surface area contributed by atoms with Crippen molar-refractivity contribution in [2.24, 2.45) is 5.92 Å². The van der Waals surface area contributed by atoms with Crippen LogP contribution in [0.25, 0.3) is 0 Å². The fraction of sp³-hybridized carbons (Fsp3) is 0.444. The third-order valence-electron chi connectivity index (χ3n) is 2.95. The molecule has 2 N–H and O–H groups in total. The van der Waals surface area contributed by atoms with Crippen LogP contribution in [0.3, 0.4) is 0 Å². The lowest BCUT2D eigenvalue weighted by Crippen LogP contribution is -1.96. The number of nitrogens with one attached hydrogen (secondary N) is 1. The maximum atomic E-state index is 10.6. The van der Waals surface area contributed by atoms with E-state index in [0.29, 0.717) is 11.6 Å². The molecule has 0 radical (unpaired) electrons. The van der Waals surface area contributed by atoms with E-state index in [2.05, 4.69) is 4.98 Å². The Labute approximate surface area is 69.4 Å². The Kier molecular flexibility index (Phi) is 0.908. The molecule has 12 heavy (non-hydrogen) atoms. The fourth-order valence-electron chi connectivity index (χ4n) is 2.24. The molecule has 3 heteroatoms. The van der Waals surface area contributed by atoms with E-state index in [0.717, 1.165) is 18.0 Å². The van der Waals surface area contributed by atoms with Gasteiger partial charge in [0, 0.05) is 5.69 Å². The maximum Gasteiger partial charge on any atom is 0.352 e. The number of aromatic nitrogens is 1. The van der Waals surface area contributed by atoms with Crippen LogP contribution in [0.2, 0.25) is 0 Å². The fourth-order valence-corrected chi connectivity index (χ4v) is 2.24. The predicted octanol–water partition coefficient (Wildman–Crippen LogP) is 1.37. The number of carboxylic acid groups (broad SMARTS) is 1. The summed E-state index contributed by atoms with van der Waals surface area (Å²) in [4.78, 5) is 13.5. The van der Waals surface area contributed by atoms with Gasteiger partial charge >= 0.3 is 5.97 Å². The van der Waals surface area contributed by atoms with Gasteiger partial charge in [-0.1, -0.05) is 0 Å². The normalized spacial score (nSPS) is 29.7. The van der Waals surface area contributed by atoms with Crippen LogP contribution < -0.4 is 0 Å². The Morgan fingerprint density at radius 1 is 1.67 bits per heavy atom. The molecule has 1 aromatic heterocycles. The Morgan fingerprint density at radius 3 is 3.17 bits per heavy atom. The minimum Gasteiger partial charge on any atom is -0.477 e. The average Bonchev–Trinajstić information content (AvgIpc) is 2.54. The van der Waals surface area contributed by atoms with Gasteiger partial charge in [0.1, 0.15) is 5.69 Å². The van der Waals surface area contributed by atoms with E-state index in [9.17, 15) is 4.79 Å². The van der Waals surface area contributed by atoms with Gasteiger partial charge in [-0.15, -0.1) is 0 Å². The molecule has 0 saturated heterocycles. The molecule has 2 atom stereocenters. The second-order valence-corrected chi connectivity index (χ2v) is 3.73. The van der Waals surface area contributed by atoms with E-state index < -0.39 is 5.97 Å². The first-order valence-electron chi connectivity index (χ1n) is 4.21. The first-order chi connectivity index (χ1) is 5.75. The number of hydrogen-bond acceptors (Lipinski definition) is 1. The number of aromatic carboxylic acids is 1. The van der Waals surface area contributed by atoms with Gasteiger partial charge in [-0.25, -0.2) is 4.79 Å². The summed E-state index contributed by atoms with van der Waals surface area (Å²) in [6.45, 7) is 0. The highest BCUT2D eigenvalue weighted by atomic mass is 16.4. The topological polar surface area (TPSA) is 53.1 Å². The Bertz CT molecular complexity index is 367. The third kappa shape index (κ3) is 0.636. The first kappa shape index (κ1) is 6.29. The number of aromatic amines is 1. The Balaban J connectivity index is 2.08. The van der Waals surface area contributed by atoms with Gasteiger partial charge in [0.2, 0.25) is 0 Å². The predicted molar refractivity (Wildman–Crippen MR) is 42.3 cm³/mol. The molecular weight excluding hydrogens is 154 g/mol. The van der Waals surface area contributed by atoms with Crippen LogP contribution in [0.5, 0.6) is 0 Å². The molecule has 62 valence electrons. The lowest BCUT2D eigenvalue weighted by atomic mass is 10.2. The maximum absolute atomic E-state index is 10.6. The van der Waals surface area contributed by atoms with Crippen LogP contribution in [-0.4, -0.2) is 16.1 Å². The lowest BCUT2D eigenvalue weighted by Gasteiger charge is -1.90. The molecule has 1 fully saturated rings. The van der Waals surface area contributed by atoms with Gasteiger partial charge in [-0.3, -0.25) is 0 Å². The molecule has 0 amide bonds. The van der Waals surface area contributed by atoms with Gasteiger partial charge in [-0.2, -0.15) is 0 Å². The lowest BCUT2D eigenvalue weighted by molar-refractivity contribution is 0.0691. The molecule has 0 aromatic carbocycles. The van der Waals surface area contributed by atoms with Gasteiger partial charge < -0.3 is 10.1 Å². The Hall–Kier alpha value is -1.25. The largest absolute Gasteiger partial charge is 0.477 e. The highest BCUT2D eigenvalue weighted by Crippen LogP contribution is 2.56. The highest BCUT2D eigenvalue weighted by molar-refractivity contribution is 5.86. The summed E-state index contributed by atoms with van der Waals surface area (Å²) in [5, 5.41) is 8.71. The van der Waals surface area contributed by atoms with E-state index in [-0.39, 0.29) is 0 Å². The third-order valence-corrected chi connectivity index (χ3v) is 2.95. The van der Waals surface area contributed by atoms with Gasteiger partial charge in [0.05, 0.1) is 0 Å². The highest BCUT2D eigenvalue weighted by Gasteiger charge is 2.46. The molecule has 0 aliphatic heterocycles. The van der Waals surface area contributed by atoms with Crippen LogP contribution in [0.1, 0.15) is 34.1 Å². The summed E-state index contributed by atoms with van der Waals surface area (Å²) >= 11 is 0. The summed E-state index contributed by atoms with van der Waals surface area (Å²) in [6.07, 6.45) is 2.33. The molecule has 1 heterocycles. The molecule has 2 aliphatic carbocycles. The van der Waals surface area contributed by atoms with Crippen molar-refractivity contribution in [1.82, 2.24) is 4.98 Å². The second-order valence-electron chi connectivity index (χ2n) is 3.73. The molecule has 1 aromatic rings. The standard InChI is InChI=1S/C9H9NO2/c11-9(12)8-3-6-5-1-4(5)2-7(6)10-8/h3-5,10H,1-2H2,(H,11,12)/t4-,5?/m0/s1. The Morgan fingerprint density at radius 2 is 2.50 bits per heavy atom. The average molecular weight is 163 g/mol. The van der Waals surface area contributed by atoms with Gasteiger partial charge in [0.25, 0.3) is 0 Å². The summed E-state index contributed by atoms with van der Waals surface area (Å²) < 4.78 is 0. The molecule has 3 rings (SSSR count). The molecule has 1 saturated carbocycles. The smallest absolute Gasteiger partial charge is 0.352 e. The zero-order valence-corrected chi connectivity index (χ0v) is 6.50. The van der Waals surface area contributed by atoms with E-state index in [1.807, 2.05) is 0 Å². The zero-order chi connectivity index (χ0) is 8.29. The molecular formula is C9H9NO2. The van der Waals surface area contributed by atoms with Crippen molar-refractivity contribution >= 4 is 5.97 Å². The molecule has 0 bridgehead atoms. The van der Waals surface area contributed by atoms with Crippen molar-refractivity contribution in [2.75, 3.05) is 0 Å². The summed E-state index contributed by atoms with van der Waals surface area (Å²) in [7, 11) is 0. The zero-order valence-electron chi connectivity index (χ0n) is 6.50. The van der Waals surface area contributed by atoms with E-state index in [4.69, 9.17) is 5.11 Å². The number of fused-ring (bicyclic) bond motifs is 3. The van der Waals surface area contributed by atoms with Crippen molar-refractivity contribution in [1.29, 1.82) is 0 Å². The van der Waals surface area contributed by atoms with E-state index in [1.165, 1.54) is 12.0 Å². The number of hydrogen-bond donors (Lipinski definition) is 2. The summed E-state index contributed by atoms with van der Waals surface area (Å²) in [5.41, 5.74) is 2.77. The van der Waals surface area contributed by atoms with Crippen molar-refractivity contribution in [3.63, 3.8) is 0 Å². The van der Waals surface area contributed by atoms with Crippen LogP contribution in [0, 0.1) is 5.92 Å². The van der Waals surface area contributed by atoms with Crippen molar-refractivity contribution in [2.45, 2.75) is 18.8 Å². The quantitative estimate of drug-likeness (QED) is 0.657. The van der Waals surface area contributed by atoms with Crippen molar-refractivity contribution in [3.05, 3.63) is 23.0 Å². The molecule has 3 nitrogen and oxygen atoms in total. The van der Waals surface area contributed by atoms with Crippen molar-refractivity contribution in [3.8, 4) is 0 Å². The van der Waals surface area contributed by atoms with E-state index in [1.54, 1.807) is 6.07 Å². The molecule has 2 aliphatic rings. The van der Waals surface area contributed by atoms with Crippen LogP contribution >= 0.6 is 0 Å². The summed E-state index contributed by atoms with van der Waals surface area (Å²) in [5.74, 6) is 0.667. The number of carbonyl (C=O) groups is 1. The van der Waals surface area contributed by atoms with Gasteiger partial charge in [-0.05, 0) is 36.3 Å². The van der Waals surface area contributed by atoms with Crippen LogP contribution in [-0.2, 0) is 6.42 Å². The van der Waals surface area contributed by atoms with Crippen LogP contribution in [0.4, 0.5) is 0 Å². The second kappa shape index (κ2) is 1.73. The minimum absolute atomic E-state index is 0.352.